The molecule has 2 rings (SSSR count). The summed E-state index contributed by atoms with van der Waals surface area (Å²) in [4.78, 5) is 23.6. The van der Waals surface area contributed by atoms with Crippen LogP contribution >= 0.6 is 11.3 Å². The van der Waals surface area contributed by atoms with Gasteiger partial charge in [0, 0.05) is 35.0 Å². The number of hydrogen-bond donors (Lipinski definition) is 2. The number of carbonyl (C=O) groups is 1. The van der Waals surface area contributed by atoms with E-state index in [1.807, 2.05) is 0 Å². The van der Waals surface area contributed by atoms with E-state index >= 15 is 0 Å². The number of amides is 1. The van der Waals surface area contributed by atoms with E-state index in [1.165, 1.54) is 30.5 Å². The molecular formula is C15H16F3N5O3S2. The lowest BCUT2D eigenvalue weighted by atomic mass is 10.2. The summed E-state index contributed by atoms with van der Waals surface area (Å²) in [5, 5.41) is 6.06. The summed E-state index contributed by atoms with van der Waals surface area (Å²) >= 11 is 1.28. The minimum absolute atomic E-state index is 0.114. The van der Waals surface area contributed by atoms with Crippen LogP contribution in [-0.4, -0.2) is 41.6 Å². The van der Waals surface area contributed by atoms with E-state index in [1.54, 1.807) is 5.51 Å². The number of sulfone groups is 1. The van der Waals surface area contributed by atoms with E-state index in [9.17, 15) is 26.4 Å². The number of thiazole rings is 1. The van der Waals surface area contributed by atoms with Gasteiger partial charge in [0.15, 0.2) is 9.84 Å². The summed E-state index contributed by atoms with van der Waals surface area (Å²) in [6.07, 6.45) is -0.248. The summed E-state index contributed by atoms with van der Waals surface area (Å²) < 4.78 is 61.0. The van der Waals surface area contributed by atoms with Gasteiger partial charge in [0.1, 0.15) is 11.4 Å². The molecule has 0 saturated heterocycles. The van der Waals surface area contributed by atoms with Crippen molar-refractivity contribution in [2.24, 2.45) is 0 Å². The molecule has 0 spiro atoms. The fraction of sp³-hybridized carbons (Fsp3) is 0.333. The molecule has 0 saturated carbocycles. The van der Waals surface area contributed by atoms with Gasteiger partial charge in [-0.1, -0.05) is 6.08 Å². The van der Waals surface area contributed by atoms with Crippen molar-refractivity contribution in [3.63, 3.8) is 0 Å². The van der Waals surface area contributed by atoms with Crippen LogP contribution in [0.2, 0.25) is 0 Å². The number of carbonyl (C=O) groups excluding carboxylic acids is 1. The lowest BCUT2D eigenvalue weighted by Crippen LogP contribution is -2.32. The smallest absolute Gasteiger partial charge is 0.364 e. The standard InChI is InChI=1S/C15H16F3N5O3S2/c1-9(3-4-28(2,25)26)22-13(24)11-7-21-14(15(16,17)18)23-12(11)20-6-10-5-19-8-27-10/h3-5,7-9H,6H2,1-2H3,(H,22,24)(H,20,21,23)/b4-3+/t9-/m0/s1. The van der Waals surface area contributed by atoms with Gasteiger partial charge in [-0.3, -0.25) is 9.78 Å². The molecule has 1 atom stereocenters. The molecule has 0 bridgehead atoms. The van der Waals surface area contributed by atoms with Crippen molar-refractivity contribution in [2.75, 3.05) is 11.6 Å². The van der Waals surface area contributed by atoms with Crippen molar-refractivity contribution in [3.8, 4) is 0 Å². The van der Waals surface area contributed by atoms with Crippen molar-refractivity contribution < 1.29 is 26.4 Å². The number of rotatable bonds is 7. The molecule has 1 amide bonds. The predicted octanol–water partition coefficient (Wildman–Crippen LogP) is 2.24. The maximum absolute atomic E-state index is 12.9. The third kappa shape index (κ3) is 6.56. The van der Waals surface area contributed by atoms with Crippen LogP contribution in [0.15, 0.2) is 29.4 Å². The maximum atomic E-state index is 12.9. The summed E-state index contributed by atoms with van der Waals surface area (Å²) in [5.74, 6) is -2.44. The second kappa shape index (κ2) is 8.65. The highest BCUT2D eigenvalue weighted by Gasteiger charge is 2.35. The van der Waals surface area contributed by atoms with Gasteiger partial charge in [-0.2, -0.15) is 13.2 Å². The van der Waals surface area contributed by atoms with Crippen LogP contribution in [0.1, 0.15) is 28.0 Å². The van der Waals surface area contributed by atoms with Gasteiger partial charge < -0.3 is 10.6 Å². The first-order chi connectivity index (χ1) is 13.0. The molecular weight excluding hydrogens is 419 g/mol. The molecule has 152 valence electrons. The minimum atomic E-state index is -4.78. The third-order valence-corrected chi connectivity index (χ3v) is 4.60. The molecule has 0 unspecified atom stereocenters. The lowest BCUT2D eigenvalue weighted by Gasteiger charge is -2.14. The van der Waals surface area contributed by atoms with Crippen molar-refractivity contribution in [1.29, 1.82) is 0 Å². The summed E-state index contributed by atoms with van der Waals surface area (Å²) in [5.41, 5.74) is 1.35. The van der Waals surface area contributed by atoms with Crippen LogP contribution in [0.5, 0.6) is 0 Å². The van der Waals surface area contributed by atoms with E-state index in [0.29, 0.717) is 0 Å². The highest BCUT2D eigenvalue weighted by Crippen LogP contribution is 2.28. The second-order valence-corrected chi connectivity index (χ2v) is 8.60. The van der Waals surface area contributed by atoms with Crippen LogP contribution in [0, 0.1) is 0 Å². The number of halogens is 3. The first-order valence-corrected chi connectivity index (χ1v) is 10.5. The zero-order chi connectivity index (χ0) is 20.9. The van der Waals surface area contributed by atoms with Gasteiger partial charge in [-0.05, 0) is 6.92 Å². The Bertz CT molecular complexity index is 960. The first-order valence-electron chi connectivity index (χ1n) is 7.70. The Labute approximate surface area is 162 Å². The van der Waals surface area contributed by atoms with Gasteiger partial charge in [0.25, 0.3) is 5.91 Å². The van der Waals surface area contributed by atoms with Crippen LogP contribution < -0.4 is 10.6 Å². The van der Waals surface area contributed by atoms with Gasteiger partial charge in [-0.15, -0.1) is 11.3 Å². The van der Waals surface area contributed by atoms with Gasteiger partial charge in [-0.25, -0.2) is 18.4 Å². The largest absolute Gasteiger partial charge is 0.451 e. The van der Waals surface area contributed by atoms with Crippen molar-refractivity contribution >= 4 is 32.9 Å². The van der Waals surface area contributed by atoms with Gasteiger partial charge in [0.2, 0.25) is 5.82 Å². The number of anilines is 1. The zero-order valence-electron chi connectivity index (χ0n) is 14.7. The van der Waals surface area contributed by atoms with E-state index < -0.39 is 33.8 Å². The SMILES string of the molecule is C[C@@H](/C=C/S(C)(=O)=O)NC(=O)c1cnc(C(F)(F)F)nc1NCc1cncs1. The third-order valence-electron chi connectivity index (χ3n) is 3.17. The zero-order valence-corrected chi connectivity index (χ0v) is 16.3. The first kappa shape index (κ1) is 21.8. The van der Waals surface area contributed by atoms with Crippen molar-refractivity contribution in [2.45, 2.75) is 25.7 Å². The molecule has 0 aliphatic carbocycles. The summed E-state index contributed by atoms with van der Waals surface area (Å²) in [6.45, 7) is 1.62. The maximum Gasteiger partial charge on any atom is 0.451 e. The number of nitrogens with zero attached hydrogens (tertiary/aromatic N) is 3. The lowest BCUT2D eigenvalue weighted by molar-refractivity contribution is -0.144. The molecule has 2 aromatic heterocycles. The minimum Gasteiger partial charge on any atom is -0.364 e. The Morgan fingerprint density at radius 3 is 2.64 bits per heavy atom. The molecule has 0 radical (unpaired) electrons. The molecule has 0 fully saturated rings. The van der Waals surface area contributed by atoms with E-state index in [0.717, 1.165) is 22.7 Å². The van der Waals surface area contributed by atoms with E-state index in [4.69, 9.17) is 0 Å². The molecule has 2 aromatic rings. The molecule has 0 aromatic carbocycles. The number of aromatic nitrogens is 3. The molecule has 13 heteroatoms. The molecule has 0 aliphatic rings. The molecule has 2 heterocycles. The van der Waals surface area contributed by atoms with E-state index in [-0.39, 0.29) is 17.9 Å². The monoisotopic (exact) mass is 435 g/mol. The number of nitrogens with one attached hydrogen (secondary N) is 2. The van der Waals surface area contributed by atoms with Crippen LogP contribution in [-0.2, 0) is 22.6 Å². The summed E-state index contributed by atoms with van der Waals surface area (Å²) in [7, 11) is -3.38. The second-order valence-electron chi connectivity index (χ2n) is 5.70. The average Bonchev–Trinajstić information content (AvgIpc) is 3.10. The van der Waals surface area contributed by atoms with Crippen LogP contribution in [0.4, 0.5) is 19.0 Å². The van der Waals surface area contributed by atoms with Gasteiger partial charge in [0.05, 0.1) is 12.1 Å². The number of hydrogen-bond acceptors (Lipinski definition) is 8. The average molecular weight is 435 g/mol. The predicted molar refractivity (Wildman–Crippen MR) is 97.4 cm³/mol. The molecule has 2 N–H and O–H groups in total. The molecule has 0 aliphatic heterocycles. The van der Waals surface area contributed by atoms with Crippen LogP contribution in [0.25, 0.3) is 0 Å². The van der Waals surface area contributed by atoms with Crippen LogP contribution in [0.3, 0.4) is 0 Å². The molecule has 8 nitrogen and oxygen atoms in total. The quantitative estimate of drug-likeness (QED) is 0.686. The number of alkyl halides is 3. The van der Waals surface area contributed by atoms with Crippen molar-refractivity contribution in [1.82, 2.24) is 20.3 Å². The Kier molecular flexibility index (Phi) is 6.72. The summed E-state index contributed by atoms with van der Waals surface area (Å²) in [6, 6.07) is -0.695. The fourth-order valence-electron chi connectivity index (χ4n) is 1.91. The molecule has 28 heavy (non-hydrogen) atoms. The fourth-order valence-corrected chi connectivity index (χ4v) is 2.97. The Morgan fingerprint density at radius 1 is 1.36 bits per heavy atom. The van der Waals surface area contributed by atoms with Gasteiger partial charge >= 0.3 is 6.18 Å². The Balaban J connectivity index is 2.25. The normalized spacial score (nSPS) is 13.5. The van der Waals surface area contributed by atoms with Crippen molar-refractivity contribution in [3.05, 3.63) is 45.7 Å². The Hall–Kier alpha value is -2.54. The highest BCUT2D eigenvalue weighted by molar-refractivity contribution is 7.93. The highest BCUT2D eigenvalue weighted by atomic mass is 32.2. The van der Waals surface area contributed by atoms with E-state index in [2.05, 4.69) is 25.6 Å². The topological polar surface area (TPSA) is 114 Å². The Morgan fingerprint density at radius 2 is 2.07 bits per heavy atom.